The predicted molar refractivity (Wildman–Crippen MR) is 91.9 cm³/mol. The van der Waals surface area contributed by atoms with Crippen molar-refractivity contribution in [3.63, 3.8) is 0 Å². The first-order chi connectivity index (χ1) is 11.3. The number of thiazole rings is 1. The monoisotopic (exact) mass is 346 g/mol. The van der Waals surface area contributed by atoms with Gasteiger partial charge in [0, 0.05) is 35.7 Å². The van der Waals surface area contributed by atoms with Gasteiger partial charge in [-0.2, -0.15) is 0 Å². The Balaban J connectivity index is 1.52. The zero-order valence-electron chi connectivity index (χ0n) is 12.7. The van der Waals surface area contributed by atoms with Crippen molar-refractivity contribution in [3.8, 4) is 0 Å². The Morgan fingerprint density at radius 1 is 1.35 bits per heavy atom. The van der Waals surface area contributed by atoms with Crippen LogP contribution in [0.5, 0.6) is 0 Å². The van der Waals surface area contributed by atoms with E-state index in [1.807, 2.05) is 28.1 Å². The summed E-state index contributed by atoms with van der Waals surface area (Å²) in [6, 6.07) is 8.32. The molecule has 2 aliphatic heterocycles. The summed E-state index contributed by atoms with van der Waals surface area (Å²) in [4.78, 5) is 20.5. The van der Waals surface area contributed by atoms with Gasteiger partial charge in [-0.1, -0.05) is 18.2 Å². The quantitative estimate of drug-likeness (QED) is 0.831. The fourth-order valence-corrected chi connectivity index (χ4v) is 4.87. The molecule has 0 saturated carbocycles. The number of thioether (sulfide) groups is 1. The van der Waals surface area contributed by atoms with Crippen LogP contribution in [-0.2, 0) is 11.3 Å². The summed E-state index contributed by atoms with van der Waals surface area (Å²) in [5.74, 6) is 0.952. The average molecular weight is 346 g/mol. The highest BCUT2D eigenvalue weighted by Gasteiger charge is 2.25. The molecular formula is C17H18N2O2S2. The highest BCUT2D eigenvalue weighted by Crippen LogP contribution is 2.32. The van der Waals surface area contributed by atoms with E-state index in [0.29, 0.717) is 12.2 Å². The Kier molecular flexibility index (Phi) is 4.37. The van der Waals surface area contributed by atoms with Crippen molar-refractivity contribution in [1.29, 1.82) is 0 Å². The van der Waals surface area contributed by atoms with E-state index in [0.717, 1.165) is 36.8 Å². The highest BCUT2D eigenvalue weighted by atomic mass is 32.2. The predicted octanol–water partition coefficient (Wildman–Crippen LogP) is 3.74. The Bertz CT molecular complexity index is 710. The standard InChI is InChI=1S/C17H18N2O2S2/c20-17(13-11-23-16(18-13)14-5-3-8-21-14)19-7-9-22-15-6-2-1-4-12(15)10-19/h1-2,4,6,11,14H,3,5,7-10H2/t14-/m1/s1. The van der Waals surface area contributed by atoms with Crippen molar-refractivity contribution in [2.24, 2.45) is 0 Å². The first kappa shape index (κ1) is 15.2. The molecule has 4 nitrogen and oxygen atoms in total. The molecule has 1 fully saturated rings. The van der Waals surface area contributed by atoms with Crippen molar-refractivity contribution in [2.75, 3.05) is 18.9 Å². The molecule has 2 aliphatic rings. The summed E-state index contributed by atoms with van der Waals surface area (Å²) in [5.41, 5.74) is 1.78. The summed E-state index contributed by atoms with van der Waals surface area (Å²) >= 11 is 3.36. The largest absolute Gasteiger partial charge is 0.371 e. The lowest BCUT2D eigenvalue weighted by Gasteiger charge is -2.19. The van der Waals surface area contributed by atoms with Crippen LogP contribution in [-0.4, -0.2) is 34.7 Å². The number of carbonyl (C=O) groups is 1. The molecule has 0 unspecified atom stereocenters. The molecule has 2 aromatic rings. The number of fused-ring (bicyclic) bond motifs is 1. The molecule has 0 radical (unpaired) electrons. The van der Waals surface area contributed by atoms with Crippen molar-refractivity contribution in [2.45, 2.75) is 30.4 Å². The highest BCUT2D eigenvalue weighted by molar-refractivity contribution is 7.99. The first-order valence-corrected chi connectivity index (χ1v) is 9.75. The minimum Gasteiger partial charge on any atom is -0.371 e. The van der Waals surface area contributed by atoms with E-state index in [4.69, 9.17) is 4.74 Å². The van der Waals surface area contributed by atoms with E-state index in [1.165, 1.54) is 10.5 Å². The maximum atomic E-state index is 12.8. The van der Waals surface area contributed by atoms with Crippen LogP contribution in [0.2, 0.25) is 0 Å². The minimum absolute atomic E-state index is 0.0304. The SMILES string of the molecule is O=C(c1csc([C@H]2CCCO2)n1)N1CCSc2ccccc2C1. The van der Waals surface area contributed by atoms with E-state index in [9.17, 15) is 4.79 Å². The first-order valence-electron chi connectivity index (χ1n) is 7.88. The van der Waals surface area contributed by atoms with E-state index in [2.05, 4.69) is 23.2 Å². The van der Waals surface area contributed by atoms with Gasteiger partial charge in [0.2, 0.25) is 0 Å². The van der Waals surface area contributed by atoms with Crippen LogP contribution in [0, 0.1) is 0 Å². The second-order valence-corrected chi connectivity index (χ2v) is 7.78. The fourth-order valence-electron chi connectivity index (χ4n) is 2.97. The number of hydrogen-bond acceptors (Lipinski definition) is 5. The van der Waals surface area contributed by atoms with E-state index in [-0.39, 0.29) is 12.0 Å². The van der Waals surface area contributed by atoms with Gasteiger partial charge in [-0.15, -0.1) is 23.1 Å². The second kappa shape index (κ2) is 6.63. The number of aromatic nitrogens is 1. The molecule has 120 valence electrons. The topological polar surface area (TPSA) is 42.4 Å². The molecule has 1 amide bonds. The molecule has 0 spiro atoms. The van der Waals surface area contributed by atoms with Gasteiger partial charge in [0.1, 0.15) is 16.8 Å². The van der Waals surface area contributed by atoms with Gasteiger partial charge in [0.15, 0.2) is 0 Å². The molecule has 1 aromatic heterocycles. The lowest BCUT2D eigenvalue weighted by atomic mass is 10.2. The van der Waals surface area contributed by atoms with Crippen molar-refractivity contribution >= 4 is 29.0 Å². The third-order valence-electron chi connectivity index (χ3n) is 4.19. The average Bonchev–Trinajstić information content (AvgIpc) is 3.21. The summed E-state index contributed by atoms with van der Waals surface area (Å²) < 4.78 is 5.66. The summed E-state index contributed by atoms with van der Waals surface area (Å²) in [5, 5.41) is 2.82. The molecule has 1 saturated heterocycles. The van der Waals surface area contributed by atoms with Gasteiger partial charge in [-0.05, 0) is 24.5 Å². The molecule has 0 N–H and O–H groups in total. The van der Waals surface area contributed by atoms with Gasteiger partial charge in [-0.3, -0.25) is 4.79 Å². The fraction of sp³-hybridized carbons (Fsp3) is 0.412. The van der Waals surface area contributed by atoms with Crippen LogP contribution in [0.25, 0.3) is 0 Å². The molecule has 0 bridgehead atoms. The van der Waals surface area contributed by atoms with Crippen molar-refractivity contribution < 1.29 is 9.53 Å². The number of carbonyl (C=O) groups excluding carboxylic acids is 1. The zero-order chi connectivity index (χ0) is 15.6. The van der Waals surface area contributed by atoms with E-state index in [1.54, 1.807) is 11.3 Å². The van der Waals surface area contributed by atoms with Gasteiger partial charge in [0.25, 0.3) is 5.91 Å². The van der Waals surface area contributed by atoms with Gasteiger partial charge < -0.3 is 9.64 Å². The molecule has 23 heavy (non-hydrogen) atoms. The van der Waals surface area contributed by atoms with E-state index < -0.39 is 0 Å². The van der Waals surface area contributed by atoms with Crippen LogP contribution in [0.4, 0.5) is 0 Å². The maximum Gasteiger partial charge on any atom is 0.273 e. The van der Waals surface area contributed by atoms with Crippen molar-refractivity contribution in [3.05, 3.63) is 45.9 Å². The van der Waals surface area contributed by atoms with Crippen LogP contribution >= 0.6 is 23.1 Å². The van der Waals surface area contributed by atoms with Crippen LogP contribution < -0.4 is 0 Å². The number of hydrogen-bond donors (Lipinski definition) is 0. The Morgan fingerprint density at radius 2 is 2.26 bits per heavy atom. The van der Waals surface area contributed by atoms with Crippen LogP contribution in [0.15, 0.2) is 34.5 Å². The molecule has 3 heterocycles. The van der Waals surface area contributed by atoms with Crippen LogP contribution in [0.3, 0.4) is 0 Å². The Morgan fingerprint density at radius 3 is 3.13 bits per heavy atom. The van der Waals surface area contributed by atoms with Gasteiger partial charge in [-0.25, -0.2) is 4.98 Å². The second-order valence-electron chi connectivity index (χ2n) is 5.76. The number of ether oxygens (including phenoxy) is 1. The lowest BCUT2D eigenvalue weighted by molar-refractivity contribution is 0.0747. The van der Waals surface area contributed by atoms with Crippen LogP contribution in [0.1, 0.15) is 40.0 Å². The molecule has 1 atom stereocenters. The molecular weight excluding hydrogens is 328 g/mol. The lowest BCUT2D eigenvalue weighted by Crippen LogP contribution is -2.32. The normalized spacial score (nSPS) is 21.0. The number of benzene rings is 1. The molecule has 0 aliphatic carbocycles. The smallest absolute Gasteiger partial charge is 0.273 e. The third-order valence-corrected chi connectivity index (χ3v) is 6.22. The molecule has 4 rings (SSSR count). The number of rotatable bonds is 2. The zero-order valence-corrected chi connectivity index (χ0v) is 14.4. The molecule has 6 heteroatoms. The summed E-state index contributed by atoms with van der Waals surface area (Å²) in [6.45, 7) is 2.22. The number of amides is 1. The van der Waals surface area contributed by atoms with Crippen molar-refractivity contribution in [1.82, 2.24) is 9.88 Å². The summed E-state index contributed by atoms with van der Waals surface area (Å²) in [6.07, 6.45) is 2.17. The summed E-state index contributed by atoms with van der Waals surface area (Å²) in [7, 11) is 0. The Labute approximate surface area is 143 Å². The maximum absolute atomic E-state index is 12.8. The molecule has 1 aromatic carbocycles. The Hall–Kier alpha value is -1.37. The minimum atomic E-state index is 0.0304. The third kappa shape index (κ3) is 3.16. The van der Waals surface area contributed by atoms with Gasteiger partial charge >= 0.3 is 0 Å². The van der Waals surface area contributed by atoms with E-state index >= 15 is 0 Å². The number of nitrogens with zero attached hydrogens (tertiary/aromatic N) is 2. The van der Waals surface area contributed by atoms with Gasteiger partial charge in [0.05, 0.1) is 0 Å².